The quantitative estimate of drug-likeness (QED) is 0.311. The number of rotatable bonds is 2. The number of fused-ring (bicyclic) bond motifs is 3. The van der Waals surface area contributed by atoms with Gasteiger partial charge in [0, 0.05) is 28.0 Å². The Kier molecular flexibility index (Phi) is 6.50. The van der Waals surface area contributed by atoms with Gasteiger partial charge in [-0.3, -0.25) is 4.79 Å². The molecule has 0 fully saturated rings. The van der Waals surface area contributed by atoms with Crippen LogP contribution in [0.3, 0.4) is 0 Å². The molecule has 4 aliphatic carbocycles. The van der Waals surface area contributed by atoms with Gasteiger partial charge in [-0.1, -0.05) is 91.0 Å². The molecule has 8 rings (SSSR count). The van der Waals surface area contributed by atoms with E-state index in [4.69, 9.17) is 4.40 Å². The predicted octanol–water partition coefficient (Wildman–Crippen LogP) is 6.95. The molecule has 0 unspecified atom stereocenters. The topological polar surface area (TPSA) is 29.4 Å². The number of hydrogen-bond donors (Lipinski definition) is 0. The third-order valence-electron chi connectivity index (χ3n) is 6.07. The van der Waals surface area contributed by atoms with Gasteiger partial charge in [0.15, 0.2) is 0 Å². The van der Waals surface area contributed by atoms with Gasteiger partial charge in [0.1, 0.15) is 5.71 Å². The second-order valence-electron chi connectivity index (χ2n) is 8.38. The smallest absolute Gasteiger partial charge is 0.212 e. The van der Waals surface area contributed by atoms with Crippen LogP contribution >= 0.6 is 11.9 Å². The van der Waals surface area contributed by atoms with Gasteiger partial charge in [-0.2, -0.15) is 0 Å². The highest BCUT2D eigenvalue weighted by atomic mass is 32.2. The number of hydrogen-bond acceptors (Lipinski definition) is 3. The minimum Gasteiger partial charge on any atom is -0.287 e. The first-order valence-corrected chi connectivity index (χ1v) is 12.1. The van der Waals surface area contributed by atoms with Crippen LogP contribution in [-0.2, 0) is 25.7 Å². The molecule has 0 radical (unpaired) electrons. The SMILES string of the molecule is O=C1/C(=N/Sc2ccccc2)c2ccc(cc2)CCc2ccc(cc2)CCc2ccc1cc2. The summed E-state index contributed by atoms with van der Waals surface area (Å²) in [5.41, 5.74) is 7.19. The Morgan fingerprint density at radius 3 is 1.42 bits per heavy atom. The third kappa shape index (κ3) is 5.32. The molecule has 0 saturated heterocycles. The average Bonchev–Trinajstić information content (AvgIpc) is 2.88. The maximum atomic E-state index is 13.5. The van der Waals surface area contributed by atoms with Gasteiger partial charge in [0.2, 0.25) is 5.78 Å². The Balaban J connectivity index is 1.52. The summed E-state index contributed by atoms with van der Waals surface area (Å²) in [6.07, 6.45) is 3.93. The maximum Gasteiger partial charge on any atom is 0.212 e. The second kappa shape index (κ2) is 10.0. The van der Waals surface area contributed by atoms with E-state index in [1.165, 1.54) is 34.2 Å². The number of benzene rings is 4. The molecule has 33 heavy (non-hydrogen) atoms. The first-order valence-electron chi connectivity index (χ1n) is 11.4. The van der Waals surface area contributed by atoms with Crippen LogP contribution in [0, 0.1) is 0 Å². The molecule has 0 spiro atoms. The summed E-state index contributed by atoms with van der Waals surface area (Å²) in [4.78, 5) is 14.5. The van der Waals surface area contributed by atoms with Crippen molar-refractivity contribution in [2.75, 3.05) is 0 Å². The zero-order chi connectivity index (χ0) is 22.5. The maximum absolute atomic E-state index is 13.5. The molecule has 0 amide bonds. The van der Waals surface area contributed by atoms with Crippen molar-refractivity contribution in [2.24, 2.45) is 4.40 Å². The molecule has 4 aromatic rings. The molecule has 2 nitrogen and oxygen atoms in total. The largest absolute Gasteiger partial charge is 0.287 e. The summed E-state index contributed by atoms with van der Waals surface area (Å²) < 4.78 is 4.70. The van der Waals surface area contributed by atoms with Gasteiger partial charge in [0.25, 0.3) is 0 Å². The molecule has 6 bridgehead atoms. The first-order chi connectivity index (χ1) is 16.2. The van der Waals surface area contributed by atoms with E-state index in [1.807, 2.05) is 54.6 Å². The number of Topliss-reactive ketones (excluding diaryl/α,β-unsaturated/α-hetero) is 1. The lowest BCUT2D eigenvalue weighted by atomic mass is 9.95. The number of aryl methyl sites for hydroxylation is 4. The molecule has 0 aliphatic heterocycles. The molecule has 0 heterocycles. The Morgan fingerprint density at radius 1 is 0.515 bits per heavy atom. The molecular formula is C30H25NOS. The van der Waals surface area contributed by atoms with Crippen LogP contribution < -0.4 is 0 Å². The molecule has 0 aromatic heterocycles. The van der Waals surface area contributed by atoms with E-state index in [-0.39, 0.29) is 5.78 Å². The summed E-state index contributed by atoms with van der Waals surface area (Å²) in [6, 6.07) is 35.2. The fourth-order valence-corrected chi connectivity index (χ4v) is 4.71. The lowest BCUT2D eigenvalue weighted by Gasteiger charge is -2.10. The molecule has 4 aliphatic rings. The van der Waals surface area contributed by atoms with Crippen molar-refractivity contribution in [1.29, 1.82) is 0 Å². The van der Waals surface area contributed by atoms with Crippen molar-refractivity contribution in [3.63, 3.8) is 0 Å². The number of carbonyl (C=O) groups excluding carboxylic acids is 1. The summed E-state index contributed by atoms with van der Waals surface area (Å²) >= 11 is 1.34. The van der Waals surface area contributed by atoms with Gasteiger partial charge in [-0.15, -0.1) is 0 Å². The molecule has 162 valence electrons. The number of carbonyl (C=O) groups is 1. The first kappa shape index (κ1) is 21.4. The second-order valence-corrected chi connectivity index (χ2v) is 9.22. The standard InChI is InChI=1S/C30H25NOS/c32-30-27-20-16-25(17-21-27)13-11-23-8-6-22(7-9-23)10-12-24-14-18-26(19-15-24)29(30)31-33-28-4-2-1-3-5-28/h1-9,14-21H,10-13H2/b31-29+. The van der Waals surface area contributed by atoms with Gasteiger partial charge < -0.3 is 0 Å². The minimum absolute atomic E-state index is 0.0475. The summed E-state index contributed by atoms with van der Waals surface area (Å²) in [5.74, 6) is -0.0475. The minimum atomic E-state index is -0.0475. The van der Waals surface area contributed by atoms with Gasteiger partial charge in [-0.25, -0.2) is 4.40 Å². The van der Waals surface area contributed by atoms with E-state index in [0.717, 1.165) is 36.1 Å². The van der Waals surface area contributed by atoms with Crippen molar-refractivity contribution < 1.29 is 4.79 Å². The summed E-state index contributed by atoms with van der Waals surface area (Å²) in [6.45, 7) is 0. The molecule has 3 heteroatoms. The normalized spacial score (nSPS) is 15.0. The zero-order valence-electron chi connectivity index (χ0n) is 18.4. The number of ketones is 1. The molecule has 4 aromatic carbocycles. The monoisotopic (exact) mass is 447 g/mol. The van der Waals surface area contributed by atoms with E-state index in [2.05, 4.69) is 48.5 Å². The Labute approximate surface area is 199 Å². The molecule has 0 saturated carbocycles. The van der Waals surface area contributed by atoms with Gasteiger partial charge in [-0.05, 0) is 60.1 Å². The van der Waals surface area contributed by atoms with Crippen molar-refractivity contribution in [3.05, 3.63) is 137 Å². The van der Waals surface area contributed by atoms with Crippen LogP contribution in [0.25, 0.3) is 0 Å². The van der Waals surface area contributed by atoms with Crippen LogP contribution in [0.5, 0.6) is 0 Å². The van der Waals surface area contributed by atoms with Crippen LogP contribution in [0.1, 0.15) is 38.2 Å². The van der Waals surface area contributed by atoms with E-state index in [0.29, 0.717) is 11.3 Å². The van der Waals surface area contributed by atoms with E-state index < -0.39 is 0 Å². The van der Waals surface area contributed by atoms with Crippen molar-refractivity contribution in [3.8, 4) is 0 Å². The molecular weight excluding hydrogens is 422 g/mol. The van der Waals surface area contributed by atoms with Crippen LogP contribution in [0.4, 0.5) is 0 Å². The van der Waals surface area contributed by atoms with Crippen molar-refractivity contribution in [1.82, 2.24) is 0 Å². The third-order valence-corrected chi connectivity index (χ3v) is 6.83. The van der Waals surface area contributed by atoms with Crippen LogP contribution in [0.15, 0.2) is 112 Å². The van der Waals surface area contributed by atoms with Crippen molar-refractivity contribution >= 4 is 23.4 Å². The highest BCUT2D eigenvalue weighted by Gasteiger charge is 2.17. The van der Waals surface area contributed by atoms with Gasteiger partial charge in [0.05, 0.1) is 0 Å². The lowest BCUT2D eigenvalue weighted by Crippen LogP contribution is -2.15. The molecule has 0 atom stereocenters. The highest BCUT2D eigenvalue weighted by molar-refractivity contribution is 7.98. The van der Waals surface area contributed by atoms with E-state index in [1.54, 1.807) is 0 Å². The van der Waals surface area contributed by atoms with Crippen LogP contribution in [-0.4, -0.2) is 11.5 Å². The average molecular weight is 448 g/mol. The Hall–Kier alpha value is -3.43. The predicted molar refractivity (Wildman–Crippen MR) is 137 cm³/mol. The Bertz CT molecular complexity index is 1260. The van der Waals surface area contributed by atoms with Crippen LogP contribution in [0.2, 0.25) is 0 Å². The van der Waals surface area contributed by atoms with E-state index in [9.17, 15) is 4.79 Å². The fourth-order valence-electron chi connectivity index (χ4n) is 4.04. The van der Waals surface area contributed by atoms with Gasteiger partial charge >= 0.3 is 0 Å². The molecule has 0 N–H and O–H groups in total. The Morgan fingerprint density at radius 2 is 0.939 bits per heavy atom. The summed E-state index contributed by atoms with van der Waals surface area (Å²) in [7, 11) is 0. The lowest BCUT2D eigenvalue weighted by molar-refractivity contribution is 0.106. The van der Waals surface area contributed by atoms with E-state index >= 15 is 0 Å². The zero-order valence-corrected chi connectivity index (χ0v) is 19.2. The van der Waals surface area contributed by atoms with Crippen molar-refractivity contribution in [2.45, 2.75) is 30.6 Å². The summed E-state index contributed by atoms with van der Waals surface area (Å²) in [5, 5.41) is 0. The fraction of sp³-hybridized carbons (Fsp3) is 0.133. The highest BCUT2D eigenvalue weighted by Crippen LogP contribution is 2.22. The number of nitrogens with zero attached hydrogens (tertiary/aromatic N) is 1.